The van der Waals surface area contributed by atoms with Gasteiger partial charge in [-0.1, -0.05) is 0 Å². The van der Waals surface area contributed by atoms with E-state index in [1.165, 1.54) is 17.0 Å². The Morgan fingerprint density at radius 2 is 2.50 bits per heavy atom. The monoisotopic (exact) mass is 184 g/mol. The average molecular weight is 185 g/mol. The van der Waals surface area contributed by atoms with Crippen molar-refractivity contribution in [3.63, 3.8) is 0 Å². The van der Waals surface area contributed by atoms with Gasteiger partial charge in [-0.3, -0.25) is 4.79 Å². The minimum atomic E-state index is -0.224. The third-order valence-electron chi connectivity index (χ3n) is 1.47. The molecule has 0 aliphatic carbocycles. The van der Waals surface area contributed by atoms with E-state index in [0.717, 1.165) is 0 Å². The Morgan fingerprint density at radius 3 is 3.25 bits per heavy atom. The summed E-state index contributed by atoms with van der Waals surface area (Å²) < 4.78 is 1.40. The molecule has 0 saturated carbocycles. The van der Waals surface area contributed by atoms with Crippen LogP contribution in [0.2, 0.25) is 0 Å². The Bertz CT molecular complexity index is 460. The zero-order chi connectivity index (χ0) is 8.55. The summed E-state index contributed by atoms with van der Waals surface area (Å²) in [6, 6.07) is 0. The molecule has 0 bridgehead atoms. The van der Waals surface area contributed by atoms with E-state index >= 15 is 0 Å². The highest BCUT2D eigenvalue weighted by atomic mass is 35.5. The van der Waals surface area contributed by atoms with Gasteiger partial charge in [0.15, 0.2) is 0 Å². The third-order valence-corrected chi connectivity index (χ3v) is 1.72. The molecule has 1 N–H and O–H groups in total. The largest absolute Gasteiger partial charge is 0.306 e. The SMILES string of the molecule is O=c1[nH]c(CCl)nn2cncc12. The Hall–Kier alpha value is -1.36. The number of halogens is 1. The Kier molecular flexibility index (Phi) is 1.58. The van der Waals surface area contributed by atoms with E-state index in [1.807, 2.05) is 0 Å². The van der Waals surface area contributed by atoms with Crippen molar-refractivity contribution in [2.75, 3.05) is 0 Å². The molecule has 62 valence electrons. The standard InChI is InChI=1S/C6H5ClN4O/c7-1-5-9-6(12)4-2-8-3-11(4)10-5/h2-3H,1H2,(H,9,10,12). The maximum absolute atomic E-state index is 11.2. The van der Waals surface area contributed by atoms with Crippen LogP contribution in [0.15, 0.2) is 17.3 Å². The molecule has 2 heterocycles. The van der Waals surface area contributed by atoms with Gasteiger partial charge < -0.3 is 4.98 Å². The summed E-state index contributed by atoms with van der Waals surface area (Å²) in [6.07, 6.45) is 2.91. The van der Waals surface area contributed by atoms with Gasteiger partial charge in [0.05, 0.1) is 12.1 Å². The molecule has 5 nitrogen and oxygen atoms in total. The van der Waals surface area contributed by atoms with Crippen molar-refractivity contribution >= 4 is 17.1 Å². The molecule has 0 spiro atoms. The smallest absolute Gasteiger partial charge is 0.276 e. The van der Waals surface area contributed by atoms with E-state index in [-0.39, 0.29) is 11.4 Å². The number of H-pyrrole nitrogens is 1. The minimum Gasteiger partial charge on any atom is -0.306 e. The first kappa shape index (κ1) is 7.30. The summed E-state index contributed by atoms with van der Waals surface area (Å²) >= 11 is 5.50. The molecule has 0 aliphatic heterocycles. The first-order chi connectivity index (χ1) is 5.81. The van der Waals surface area contributed by atoms with Crippen LogP contribution in [0, 0.1) is 0 Å². The van der Waals surface area contributed by atoms with Crippen LogP contribution < -0.4 is 5.56 Å². The molecule has 6 heteroatoms. The molecule has 0 saturated heterocycles. The lowest BCUT2D eigenvalue weighted by atomic mass is 10.6. The van der Waals surface area contributed by atoms with Crippen molar-refractivity contribution in [2.24, 2.45) is 0 Å². The van der Waals surface area contributed by atoms with Crippen molar-refractivity contribution < 1.29 is 0 Å². The van der Waals surface area contributed by atoms with Gasteiger partial charge in [0, 0.05) is 0 Å². The maximum Gasteiger partial charge on any atom is 0.276 e. The normalized spacial score (nSPS) is 10.8. The van der Waals surface area contributed by atoms with Gasteiger partial charge in [-0.2, -0.15) is 5.10 Å². The second kappa shape index (κ2) is 2.60. The van der Waals surface area contributed by atoms with Crippen molar-refractivity contribution in [1.29, 1.82) is 0 Å². The lowest BCUT2D eigenvalue weighted by Crippen LogP contribution is -2.14. The van der Waals surface area contributed by atoms with Gasteiger partial charge in [0.1, 0.15) is 17.7 Å². The number of nitrogens with one attached hydrogen (secondary N) is 1. The first-order valence-electron chi connectivity index (χ1n) is 3.29. The van der Waals surface area contributed by atoms with E-state index < -0.39 is 0 Å². The van der Waals surface area contributed by atoms with Crippen LogP contribution >= 0.6 is 11.6 Å². The molecule has 0 fully saturated rings. The Morgan fingerprint density at radius 1 is 1.67 bits per heavy atom. The van der Waals surface area contributed by atoms with Crippen LogP contribution in [0.5, 0.6) is 0 Å². The number of alkyl halides is 1. The predicted octanol–water partition coefficient (Wildman–Crippen LogP) is 0.156. The highest BCUT2D eigenvalue weighted by molar-refractivity contribution is 6.16. The molecule has 0 atom stereocenters. The fourth-order valence-corrected chi connectivity index (χ4v) is 1.06. The van der Waals surface area contributed by atoms with Crippen LogP contribution in [0.25, 0.3) is 5.52 Å². The number of aromatic nitrogens is 4. The van der Waals surface area contributed by atoms with E-state index in [0.29, 0.717) is 11.3 Å². The fraction of sp³-hybridized carbons (Fsp3) is 0.167. The second-order valence-electron chi connectivity index (χ2n) is 2.26. The van der Waals surface area contributed by atoms with Crippen LogP contribution in [0.3, 0.4) is 0 Å². The number of imidazole rings is 1. The first-order valence-corrected chi connectivity index (χ1v) is 3.82. The molecule has 0 radical (unpaired) electrons. The topological polar surface area (TPSA) is 63.0 Å². The van der Waals surface area contributed by atoms with Crippen molar-refractivity contribution in [3.8, 4) is 0 Å². The second-order valence-corrected chi connectivity index (χ2v) is 2.53. The van der Waals surface area contributed by atoms with Gasteiger partial charge in [-0.05, 0) is 0 Å². The quantitative estimate of drug-likeness (QED) is 0.642. The number of fused-ring (bicyclic) bond motifs is 1. The molecule has 12 heavy (non-hydrogen) atoms. The van der Waals surface area contributed by atoms with Crippen molar-refractivity contribution in [3.05, 3.63) is 28.7 Å². The van der Waals surface area contributed by atoms with Gasteiger partial charge in [0.2, 0.25) is 0 Å². The van der Waals surface area contributed by atoms with Crippen molar-refractivity contribution in [1.82, 2.24) is 19.6 Å². The zero-order valence-electron chi connectivity index (χ0n) is 5.99. The molecule has 0 unspecified atom stereocenters. The Balaban J connectivity index is 2.84. The average Bonchev–Trinajstić information content (AvgIpc) is 2.52. The summed E-state index contributed by atoms with van der Waals surface area (Å²) in [5, 5.41) is 3.98. The van der Waals surface area contributed by atoms with E-state index in [4.69, 9.17) is 11.6 Å². The summed E-state index contributed by atoms with van der Waals surface area (Å²) in [7, 11) is 0. The lowest BCUT2D eigenvalue weighted by Gasteiger charge is -1.94. The maximum atomic E-state index is 11.2. The van der Waals surface area contributed by atoms with Gasteiger partial charge in [-0.15, -0.1) is 11.6 Å². The van der Waals surface area contributed by atoms with Gasteiger partial charge >= 0.3 is 0 Å². The molecule has 2 aromatic rings. The number of hydrogen-bond acceptors (Lipinski definition) is 3. The van der Waals surface area contributed by atoms with E-state index in [2.05, 4.69) is 15.1 Å². The van der Waals surface area contributed by atoms with Crippen LogP contribution in [-0.2, 0) is 5.88 Å². The van der Waals surface area contributed by atoms with Crippen LogP contribution in [0.4, 0.5) is 0 Å². The summed E-state index contributed by atoms with van der Waals surface area (Å²) in [4.78, 5) is 17.5. The van der Waals surface area contributed by atoms with E-state index in [1.54, 1.807) is 0 Å². The zero-order valence-corrected chi connectivity index (χ0v) is 6.75. The Labute approximate surface area is 72.0 Å². The summed E-state index contributed by atoms with van der Waals surface area (Å²) in [5.41, 5.74) is 0.196. The van der Waals surface area contributed by atoms with E-state index in [9.17, 15) is 4.79 Å². The number of nitrogens with zero attached hydrogens (tertiary/aromatic N) is 3. The van der Waals surface area contributed by atoms with Crippen molar-refractivity contribution in [2.45, 2.75) is 5.88 Å². The highest BCUT2D eigenvalue weighted by Crippen LogP contribution is 1.94. The molecule has 2 aromatic heterocycles. The molecule has 0 amide bonds. The molecule has 0 aliphatic rings. The van der Waals surface area contributed by atoms with Crippen LogP contribution in [0.1, 0.15) is 5.82 Å². The highest BCUT2D eigenvalue weighted by Gasteiger charge is 2.01. The molecule has 0 aromatic carbocycles. The molecular formula is C6H5ClN4O. The number of rotatable bonds is 1. The molecule has 2 rings (SSSR count). The fourth-order valence-electron chi connectivity index (χ4n) is 0.941. The van der Waals surface area contributed by atoms with Gasteiger partial charge in [0.25, 0.3) is 5.56 Å². The lowest BCUT2D eigenvalue weighted by molar-refractivity contribution is 0.827. The van der Waals surface area contributed by atoms with Gasteiger partial charge in [-0.25, -0.2) is 9.50 Å². The third kappa shape index (κ3) is 0.984. The minimum absolute atomic E-state index is 0.184. The molecular weight excluding hydrogens is 180 g/mol. The predicted molar refractivity (Wildman–Crippen MR) is 43.2 cm³/mol. The summed E-state index contributed by atoms with van der Waals surface area (Å²) in [6.45, 7) is 0. The number of hydrogen-bond donors (Lipinski definition) is 1. The number of aromatic amines is 1. The van der Waals surface area contributed by atoms with Crippen LogP contribution in [-0.4, -0.2) is 19.6 Å². The summed E-state index contributed by atoms with van der Waals surface area (Å²) in [5.74, 6) is 0.621.